The fraction of sp³-hybridized carbons (Fsp3) is 0.158. The highest BCUT2D eigenvalue weighted by atomic mass is 79.9. The molecule has 8 heteroatoms. The fourth-order valence-electron chi connectivity index (χ4n) is 2.24. The maximum absolute atomic E-state index is 13.1. The Bertz CT molecular complexity index is 947. The van der Waals surface area contributed by atoms with Crippen LogP contribution in [0.4, 0.5) is 4.39 Å². The van der Waals surface area contributed by atoms with Gasteiger partial charge in [-0.2, -0.15) is 0 Å². The number of aromatic nitrogens is 1. The van der Waals surface area contributed by atoms with Gasteiger partial charge in [0.25, 0.3) is 0 Å². The van der Waals surface area contributed by atoms with Gasteiger partial charge in [-0.3, -0.25) is 0 Å². The summed E-state index contributed by atoms with van der Waals surface area (Å²) in [5.41, 5.74) is 1.47. The number of hydrogen-bond acceptors (Lipinski definition) is 6. The van der Waals surface area contributed by atoms with Crippen molar-refractivity contribution in [3.8, 4) is 22.1 Å². The molecular weight excluding hydrogens is 437 g/mol. The van der Waals surface area contributed by atoms with Crippen LogP contribution in [0.15, 0.2) is 52.3 Å². The number of hydrogen-bond donors (Lipinski definition) is 0. The Morgan fingerprint density at radius 1 is 1.26 bits per heavy atom. The first-order valence-corrected chi connectivity index (χ1v) is 9.54. The molecule has 0 saturated carbocycles. The van der Waals surface area contributed by atoms with Gasteiger partial charge < -0.3 is 14.2 Å². The second-order valence-electron chi connectivity index (χ2n) is 5.40. The average molecular weight is 452 g/mol. The second-order valence-corrected chi connectivity index (χ2v) is 7.17. The number of carbonyl (C=O) groups excluding carboxylic acids is 1. The number of halogens is 2. The van der Waals surface area contributed by atoms with Crippen LogP contribution < -0.4 is 9.47 Å². The third kappa shape index (κ3) is 5.27. The third-order valence-electron chi connectivity index (χ3n) is 3.48. The maximum Gasteiger partial charge on any atom is 0.344 e. The Kier molecular flexibility index (Phi) is 6.41. The number of methoxy groups -OCH3 is 1. The van der Waals surface area contributed by atoms with E-state index in [9.17, 15) is 9.18 Å². The van der Waals surface area contributed by atoms with E-state index < -0.39 is 11.8 Å². The minimum Gasteiger partial charge on any atom is -0.496 e. The van der Waals surface area contributed by atoms with Gasteiger partial charge in [0.1, 0.15) is 28.9 Å². The summed E-state index contributed by atoms with van der Waals surface area (Å²) in [7, 11) is 1.60. The third-order valence-corrected chi connectivity index (χ3v) is 4.90. The molecule has 0 fully saturated rings. The molecule has 3 rings (SSSR count). The quantitative estimate of drug-likeness (QED) is 0.480. The van der Waals surface area contributed by atoms with Crippen molar-refractivity contribution in [2.45, 2.75) is 6.61 Å². The predicted molar refractivity (Wildman–Crippen MR) is 103 cm³/mol. The minimum atomic E-state index is -0.561. The lowest BCUT2D eigenvalue weighted by Gasteiger charge is -2.07. The van der Waals surface area contributed by atoms with E-state index in [0.29, 0.717) is 11.4 Å². The summed E-state index contributed by atoms with van der Waals surface area (Å²) in [6.07, 6.45) is 0. The molecule has 0 N–H and O–H groups in total. The van der Waals surface area contributed by atoms with Crippen molar-refractivity contribution in [3.05, 3.63) is 63.8 Å². The molecule has 5 nitrogen and oxygen atoms in total. The van der Waals surface area contributed by atoms with Gasteiger partial charge in [0.05, 0.1) is 18.4 Å². The molecule has 2 aromatic carbocycles. The fourth-order valence-corrected chi connectivity index (χ4v) is 3.43. The van der Waals surface area contributed by atoms with Crippen LogP contribution in [0.1, 0.15) is 5.69 Å². The molecule has 0 bridgehead atoms. The normalized spacial score (nSPS) is 10.5. The SMILES string of the molecule is COc1ccc(Br)cc1-c1nc(COC(=O)COc2cccc(F)c2)cs1. The monoisotopic (exact) mass is 451 g/mol. The highest BCUT2D eigenvalue weighted by Crippen LogP contribution is 2.34. The van der Waals surface area contributed by atoms with Crippen molar-refractivity contribution >= 4 is 33.2 Å². The van der Waals surface area contributed by atoms with E-state index in [4.69, 9.17) is 14.2 Å². The van der Waals surface area contributed by atoms with E-state index in [1.54, 1.807) is 13.2 Å². The summed E-state index contributed by atoms with van der Waals surface area (Å²) in [6.45, 7) is -0.280. The van der Waals surface area contributed by atoms with Crippen LogP contribution in [0, 0.1) is 5.82 Å². The summed E-state index contributed by atoms with van der Waals surface area (Å²) >= 11 is 4.86. The van der Waals surface area contributed by atoms with Crippen LogP contribution in [0.25, 0.3) is 10.6 Å². The molecule has 0 aliphatic carbocycles. The Balaban J connectivity index is 1.56. The van der Waals surface area contributed by atoms with E-state index in [1.807, 2.05) is 23.6 Å². The van der Waals surface area contributed by atoms with Gasteiger partial charge in [0.15, 0.2) is 6.61 Å². The van der Waals surface area contributed by atoms with E-state index in [2.05, 4.69) is 20.9 Å². The van der Waals surface area contributed by atoms with Crippen LogP contribution in [0.3, 0.4) is 0 Å². The Labute approximate surface area is 167 Å². The van der Waals surface area contributed by atoms with Crippen molar-refractivity contribution in [2.75, 3.05) is 13.7 Å². The maximum atomic E-state index is 13.1. The van der Waals surface area contributed by atoms with Crippen LogP contribution in [-0.2, 0) is 16.1 Å². The van der Waals surface area contributed by atoms with Crippen LogP contribution in [-0.4, -0.2) is 24.7 Å². The van der Waals surface area contributed by atoms with Gasteiger partial charge in [-0.1, -0.05) is 22.0 Å². The minimum absolute atomic E-state index is 0.0260. The Hall–Kier alpha value is -2.45. The summed E-state index contributed by atoms with van der Waals surface area (Å²) in [5.74, 6) is -0.0167. The van der Waals surface area contributed by atoms with E-state index in [0.717, 1.165) is 15.0 Å². The zero-order valence-corrected chi connectivity index (χ0v) is 16.7. The van der Waals surface area contributed by atoms with Gasteiger partial charge >= 0.3 is 5.97 Å². The summed E-state index contributed by atoms with van der Waals surface area (Å²) in [5, 5.41) is 2.58. The van der Waals surface area contributed by atoms with Crippen LogP contribution in [0.2, 0.25) is 0 Å². The molecular formula is C19H15BrFNO4S. The number of carbonyl (C=O) groups is 1. The van der Waals surface area contributed by atoms with Crippen molar-refractivity contribution in [3.63, 3.8) is 0 Å². The number of esters is 1. The Morgan fingerprint density at radius 2 is 2.11 bits per heavy atom. The number of ether oxygens (including phenoxy) is 3. The first-order valence-electron chi connectivity index (χ1n) is 7.87. The first kappa shape index (κ1) is 19.3. The molecule has 0 aliphatic rings. The first-order chi connectivity index (χ1) is 13.0. The number of nitrogens with zero attached hydrogens (tertiary/aromatic N) is 1. The van der Waals surface area contributed by atoms with Gasteiger partial charge in [-0.15, -0.1) is 11.3 Å². The molecule has 0 spiro atoms. The van der Waals surface area contributed by atoms with Gasteiger partial charge in [0.2, 0.25) is 0 Å². The lowest BCUT2D eigenvalue weighted by atomic mass is 10.2. The molecule has 0 unspecified atom stereocenters. The van der Waals surface area contributed by atoms with Gasteiger partial charge in [-0.05, 0) is 30.3 Å². The van der Waals surface area contributed by atoms with E-state index >= 15 is 0 Å². The Morgan fingerprint density at radius 3 is 2.89 bits per heavy atom. The van der Waals surface area contributed by atoms with Gasteiger partial charge in [-0.25, -0.2) is 14.2 Å². The molecule has 0 saturated heterocycles. The molecule has 0 atom stereocenters. The zero-order valence-electron chi connectivity index (χ0n) is 14.3. The van der Waals surface area contributed by atoms with Crippen LogP contribution >= 0.6 is 27.3 Å². The topological polar surface area (TPSA) is 57.7 Å². The lowest BCUT2D eigenvalue weighted by Crippen LogP contribution is -2.14. The van der Waals surface area contributed by atoms with Crippen molar-refractivity contribution < 1.29 is 23.4 Å². The molecule has 0 aliphatic heterocycles. The predicted octanol–water partition coefficient (Wildman–Crippen LogP) is 4.84. The number of thiazole rings is 1. The van der Waals surface area contributed by atoms with Crippen molar-refractivity contribution in [2.24, 2.45) is 0 Å². The number of rotatable bonds is 7. The molecule has 0 radical (unpaired) electrons. The molecule has 140 valence electrons. The molecule has 1 heterocycles. The molecule has 1 aromatic heterocycles. The summed E-state index contributed by atoms with van der Waals surface area (Å²) in [6, 6.07) is 11.2. The number of benzene rings is 2. The molecule has 27 heavy (non-hydrogen) atoms. The van der Waals surface area contributed by atoms with Crippen molar-refractivity contribution in [1.82, 2.24) is 4.98 Å². The summed E-state index contributed by atoms with van der Waals surface area (Å²) < 4.78 is 29.7. The highest BCUT2D eigenvalue weighted by molar-refractivity contribution is 9.10. The molecule has 3 aromatic rings. The highest BCUT2D eigenvalue weighted by Gasteiger charge is 2.12. The van der Waals surface area contributed by atoms with Crippen molar-refractivity contribution in [1.29, 1.82) is 0 Å². The zero-order chi connectivity index (χ0) is 19.2. The largest absolute Gasteiger partial charge is 0.496 e. The molecule has 0 amide bonds. The smallest absolute Gasteiger partial charge is 0.344 e. The summed E-state index contributed by atoms with van der Waals surface area (Å²) in [4.78, 5) is 16.3. The second kappa shape index (κ2) is 8.96. The van der Waals surface area contributed by atoms with E-state index in [1.165, 1.54) is 29.5 Å². The lowest BCUT2D eigenvalue weighted by molar-refractivity contribution is -0.147. The standard InChI is InChI=1S/C19H15BrFNO4S/c1-24-17-6-5-12(20)7-16(17)19-22-14(11-27-19)9-26-18(23)10-25-15-4-2-3-13(21)8-15/h2-8,11H,9-10H2,1H3. The van der Waals surface area contributed by atoms with E-state index in [-0.39, 0.29) is 19.0 Å². The average Bonchev–Trinajstić information content (AvgIpc) is 3.13. The van der Waals surface area contributed by atoms with Crippen LogP contribution in [0.5, 0.6) is 11.5 Å². The van der Waals surface area contributed by atoms with Gasteiger partial charge in [0, 0.05) is 15.9 Å².